The molecule has 0 atom stereocenters. The van der Waals surface area contributed by atoms with Crippen molar-refractivity contribution in [3.8, 4) is 10.7 Å². The van der Waals surface area contributed by atoms with E-state index in [2.05, 4.69) is 20.8 Å². The Morgan fingerprint density at radius 1 is 1.21 bits per heavy atom. The maximum atomic E-state index is 11.9. The van der Waals surface area contributed by atoms with Crippen LogP contribution in [0.2, 0.25) is 0 Å². The highest BCUT2D eigenvalue weighted by atomic mass is 32.1. The van der Waals surface area contributed by atoms with Crippen LogP contribution < -0.4 is 10.6 Å². The fraction of sp³-hybridized carbons (Fsp3) is 0.211. The standard InChI is InChI=1S/C19H18N4O5S/c1-20-19(26)12-4-2-5-13(10-12)21-15(24)11-27-17(25)8-7-16-22-18(23-28-16)14-6-3-9-29-14/h2-6,9-10H,7-8,11H2,1H3,(H,20,26)(H,21,24). The van der Waals surface area contributed by atoms with E-state index in [1.807, 2.05) is 17.5 Å². The van der Waals surface area contributed by atoms with Crippen LogP contribution in [0.25, 0.3) is 10.7 Å². The lowest BCUT2D eigenvalue weighted by Gasteiger charge is -2.07. The Morgan fingerprint density at radius 3 is 2.83 bits per heavy atom. The molecule has 0 saturated carbocycles. The number of carbonyl (C=O) groups is 3. The van der Waals surface area contributed by atoms with Crippen molar-refractivity contribution in [2.75, 3.05) is 19.0 Å². The molecule has 9 nitrogen and oxygen atoms in total. The number of thiophene rings is 1. The molecule has 2 aromatic heterocycles. The third-order valence-electron chi connectivity index (χ3n) is 3.75. The second-order valence-electron chi connectivity index (χ2n) is 5.86. The van der Waals surface area contributed by atoms with Gasteiger partial charge in [0.25, 0.3) is 11.8 Å². The van der Waals surface area contributed by atoms with Crippen LogP contribution in [0.15, 0.2) is 46.3 Å². The first kappa shape index (κ1) is 20.2. The smallest absolute Gasteiger partial charge is 0.306 e. The van der Waals surface area contributed by atoms with Crippen LogP contribution in [0.5, 0.6) is 0 Å². The number of aromatic nitrogens is 2. The van der Waals surface area contributed by atoms with Crippen LogP contribution in [0.1, 0.15) is 22.7 Å². The van der Waals surface area contributed by atoms with Gasteiger partial charge < -0.3 is 19.9 Å². The lowest BCUT2D eigenvalue weighted by atomic mass is 10.2. The summed E-state index contributed by atoms with van der Waals surface area (Å²) in [5.74, 6) is -0.543. The van der Waals surface area contributed by atoms with E-state index in [-0.39, 0.29) is 18.7 Å². The minimum atomic E-state index is -0.560. The predicted octanol–water partition coefficient (Wildman–Crippen LogP) is 2.27. The molecule has 0 fully saturated rings. The lowest BCUT2D eigenvalue weighted by Crippen LogP contribution is -2.22. The van der Waals surface area contributed by atoms with Crippen LogP contribution in [0.4, 0.5) is 5.69 Å². The SMILES string of the molecule is CNC(=O)c1cccc(NC(=O)COC(=O)CCc2nc(-c3cccs3)no2)c1. The summed E-state index contributed by atoms with van der Waals surface area (Å²) in [7, 11) is 1.52. The van der Waals surface area contributed by atoms with Gasteiger partial charge in [0.05, 0.1) is 11.3 Å². The Bertz CT molecular complexity index is 1000. The molecule has 0 aliphatic carbocycles. The molecule has 3 rings (SSSR count). The van der Waals surface area contributed by atoms with Crippen molar-refractivity contribution in [3.63, 3.8) is 0 Å². The Hall–Kier alpha value is -3.53. The van der Waals surface area contributed by atoms with Gasteiger partial charge >= 0.3 is 5.97 Å². The van der Waals surface area contributed by atoms with Crippen LogP contribution in [-0.4, -0.2) is 41.6 Å². The number of nitrogens with zero attached hydrogens (tertiary/aromatic N) is 2. The molecule has 0 spiro atoms. The van der Waals surface area contributed by atoms with Gasteiger partial charge in [0.2, 0.25) is 11.7 Å². The molecule has 10 heteroatoms. The number of rotatable bonds is 8. The number of carbonyl (C=O) groups excluding carboxylic acids is 3. The van der Waals surface area contributed by atoms with Gasteiger partial charge in [-0.1, -0.05) is 17.3 Å². The largest absolute Gasteiger partial charge is 0.456 e. The summed E-state index contributed by atoms with van der Waals surface area (Å²) < 4.78 is 10.1. The number of hydrogen-bond donors (Lipinski definition) is 2. The zero-order chi connectivity index (χ0) is 20.6. The van der Waals surface area contributed by atoms with Gasteiger partial charge in [-0.05, 0) is 29.6 Å². The zero-order valence-electron chi connectivity index (χ0n) is 15.5. The molecule has 2 amide bonds. The van der Waals surface area contributed by atoms with Crippen molar-refractivity contribution in [2.24, 2.45) is 0 Å². The average molecular weight is 414 g/mol. The summed E-state index contributed by atoms with van der Waals surface area (Å²) in [6.45, 7) is -0.437. The number of hydrogen-bond acceptors (Lipinski definition) is 8. The van der Waals surface area contributed by atoms with Crippen LogP contribution in [0.3, 0.4) is 0 Å². The highest BCUT2D eigenvalue weighted by Crippen LogP contribution is 2.21. The van der Waals surface area contributed by atoms with Crippen molar-refractivity contribution in [1.29, 1.82) is 0 Å². The van der Waals surface area contributed by atoms with E-state index < -0.39 is 18.5 Å². The molecular formula is C19H18N4O5S. The number of anilines is 1. The molecule has 29 heavy (non-hydrogen) atoms. The van der Waals surface area contributed by atoms with Crippen LogP contribution >= 0.6 is 11.3 Å². The summed E-state index contributed by atoms with van der Waals surface area (Å²) in [5.41, 5.74) is 0.836. The number of ether oxygens (including phenoxy) is 1. The van der Waals surface area contributed by atoms with Crippen molar-refractivity contribution in [2.45, 2.75) is 12.8 Å². The Kier molecular flexibility index (Phi) is 6.69. The van der Waals surface area contributed by atoms with Gasteiger partial charge in [0.15, 0.2) is 6.61 Å². The Labute approximate surface area is 170 Å². The number of benzene rings is 1. The molecule has 0 unspecified atom stereocenters. The van der Waals surface area contributed by atoms with Crippen molar-refractivity contribution >= 4 is 34.8 Å². The van der Waals surface area contributed by atoms with E-state index >= 15 is 0 Å². The molecule has 150 valence electrons. The summed E-state index contributed by atoms with van der Waals surface area (Å²) in [5, 5.41) is 10.8. The minimum Gasteiger partial charge on any atom is -0.456 e. The molecule has 2 heterocycles. The van der Waals surface area contributed by atoms with E-state index in [1.54, 1.807) is 18.2 Å². The molecule has 0 radical (unpaired) electrons. The summed E-state index contributed by atoms with van der Waals surface area (Å²) in [6.07, 6.45) is 0.221. The fourth-order valence-corrected chi connectivity index (χ4v) is 3.02. The molecule has 0 aliphatic heterocycles. The molecule has 0 aliphatic rings. The Morgan fingerprint density at radius 2 is 2.07 bits per heavy atom. The maximum absolute atomic E-state index is 11.9. The Balaban J connectivity index is 1.42. The molecular weight excluding hydrogens is 396 g/mol. The topological polar surface area (TPSA) is 123 Å². The van der Waals surface area contributed by atoms with Gasteiger partial charge in [0.1, 0.15) is 0 Å². The first-order valence-corrected chi connectivity index (χ1v) is 9.57. The second-order valence-corrected chi connectivity index (χ2v) is 6.81. The van der Waals surface area contributed by atoms with Crippen molar-refractivity contribution in [1.82, 2.24) is 15.5 Å². The van der Waals surface area contributed by atoms with Gasteiger partial charge in [-0.25, -0.2) is 0 Å². The first-order valence-electron chi connectivity index (χ1n) is 8.69. The molecule has 0 bridgehead atoms. The van der Waals surface area contributed by atoms with Crippen LogP contribution in [-0.2, 0) is 20.7 Å². The third kappa shape index (κ3) is 5.72. The van der Waals surface area contributed by atoms with E-state index in [0.717, 1.165) is 4.88 Å². The van der Waals surface area contributed by atoms with E-state index in [9.17, 15) is 14.4 Å². The van der Waals surface area contributed by atoms with Crippen molar-refractivity contribution < 1.29 is 23.6 Å². The van der Waals surface area contributed by atoms with Gasteiger partial charge in [-0.3, -0.25) is 14.4 Å². The number of esters is 1. The van der Waals surface area contributed by atoms with E-state index in [1.165, 1.54) is 24.5 Å². The van der Waals surface area contributed by atoms with E-state index in [4.69, 9.17) is 9.26 Å². The normalized spacial score (nSPS) is 10.4. The summed E-state index contributed by atoms with van der Waals surface area (Å²) in [4.78, 5) is 40.5. The molecule has 3 aromatic rings. The summed E-state index contributed by atoms with van der Waals surface area (Å²) in [6, 6.07) is 10.2. The molecule has 1 aromatic carbocycles. The maximum Gasteiger partial charge on any atom is 0.306 e. The lowest BCUT2D eigenvalue weighted by molar-refractivity contribution is -0.147. The van der Waals surface area contributed by atoms with Crippen LogP contribution in [0, 0.1) is 0 Å². The fourth-order valence-electron chi connectivity index (χ4n) is 2.37. The zero-order valence-corrected chi connectivity index (χ0v) is 16.3. The number of amides is 2. The highest BCUT2D eigenvalue weighted by Gasteiger charge is 2.13. The van der Waals surface area contributed by atoms with Gasteiger partial charge in [0, 0.05) is 24.7 Å². The second kappa shape index (κ2) is 9.60. The number of nitrogens with one attached hydrogen (secondary N) is 2. The average Bonchev–Trinajstić information content (AvgIpc) is 3.42. The molecule has 2 N–H and O–H groups in total. The minimum absolute atomic E-state index is 0.00547. The van der Waals surface area contributed by atoms with Gasteiger partial charge in [-0.15, -0.1) is 11.3 Å². The number of aryl methyl sites for hydroxylation is 1. The van der Waals surface area contributed by atoms with Gasteiger partial charge in [-0.2, -0.15) is 4.98 Å². The third-order valence-corrected chi connectivity index (χ3v) is 4.62. The molecule has 0 saturated heterocycles. The quantitative estimate of drug-likeness (QED) is 0.542. The monoisotopic (exact) mass is 414 g/mol. The predicted molar refractivity (Wildman–Crippen MR) is 105 cm³/mol. The van der Waals surface area contributed by atoms with Crippen molar-refractivity contribution in [3.05, 3.63) is 53.2 Å². The highest BCUT2D eigenvalue weighted by molar-refractivity contribution is 7.13. The summed E-state index contributed by atoms with van der Waals surface area (Å²) >= 11 is 1.49. The first-order chi connectivity index (χ1) is 14.0. The van der Waals surface area contributed by atoms with E-state index in [0.29, 0.717) is 23.0 Å².